The molecular formula is C11H13N5O4S. The monoisotopic (exact) mass is 311 g/mol. The number of nitrogens with one attached hydrogen (secondary N) is 1. The van der Waals surface area contributed by atoms with Gasteiger partial charge in [-0.3, -0.25) is 10.1 Å². The number of nitrogen functional groups attached to an aromatic ring is 1. The number of nitrogens with zero attached hydrogens (tertiary/aromatic N) is 3. The molecule has 112 valence electrons. The number of hydrogen-bond donors (Lipinski definition) is 2. The van der Waals surface area contributed by atoms with Crippen LogP contribution in [0.3, 0.4) is 0 Å². The van der Waals surface area contributed by atoms with Crippen molar-refractivity contribution in [1.29, 1.82) is 0 Å². The maximum Gasteiger partial charge on any atom is 0.292 e. The Bertz CT molecular complexity index is 757. The van der Waals surface area contributed by atoms with Gasteiger partial charge in [0.15, 0.2) is 0 Å². The first-order valence-electron chi connectivity index (χ1n) is 5.81. The summed E-state index contributed by atoms with van der Waals surface area (Å²) < 4.78 is 25.8. The van der Waals surface area contributed by atoms with Gasteiger partial charge in [-0.15, -0.1) is 0 Å². The number of aromatic nitrogens is 2. The molecule has 10 heteroatoms. The van der Waals surface area contributed by atoms with Gasteiger partial charge in [-0.25, -0.2) is 13.4 Å². The van der Waals surface area contributed by atoms with E-state index in [0.29, 0.717) is 5.82 Å². The molecule has 2 aromatic rings. The Morgan fingerprint density at radius 3 is 2.71 bits per heavy atom. The van der Waals surface area contributed by atoms with E-state index >= 15 is 0 Å². The molecule has 0 spiro atoms. The van der Waals surface area contributed by atoms with Crippen molar-refractivity contribution in [2.24, 2.45) is 0 Å². The van der Waals surface area contributed by atoms with Crippen molar-refractivity contribution in [3.63, 3.8) is 0 Å². The molecule has 0 radical (unpaired) electrons. The fraction of sp³-hybridized carbons (Fsp3) is 0.182. The lowest BCUT2D eigenvalue weighted by Gasteiger charge is -2.16. The van der Waals surface area contributed by atoms with Crippen LogP contribution in [-0.2, 0) is 16.6 Å². The predicted octanol–water partition coefficient (Wildman–Crippen LogP) is 0.721. The van der Waals surface area contributed by atoms with Crippen LogP contribution in [0.2, 0.25) is 0 Å². The van der Waals surface area contributed by atoms with Gasteiger partial charge in [0.1, 0.15) is 11.5 Å². The van der Waals surface area contributed by atoms with Crippen molar-refractivity contribution in [2.45, 2.75) is 11.4 Å². The van der Waals surface area contributed by atoms with E-state index in [0.717, 1.165) is 22.5 Å². The van der Waals surface area contributed by atoms with Crippen molar-refractivity contribution in [1.82, 2.24) is 14.3 Å². The summed E-state index contributed by atoms with van der Waals surface area (Å²) in [6, 6.07) is 3.30. The second-order valence-corrected chi connectivity index (χ2v) is 6.32. The van der Waals surface area contributed by atoms with Crippen molar-refractivity contribution in [3.05, 3.63) is 46.5 Å². The molecular weight excluding hydrogens is 298 g/mol. The normalized spacial score (nSPS) is 11.7. The Hall–Kier alpha value is -2.46. The molecule has 1 heterocycles. The molecule has 0 unspecified atom stereocenters. The van der Waals surface area contributed by atoms with Gasteiger partial charge in [-0.05, 0) is 12.1 Å². The maximum absolute atomic E-state index is 12.4. The summed E-state index contributed by atoms with van der Waals surface area (Å²) in [4.78, 5) is 16.6. The average molecular weight is 311 g/mol. The zero-order valence-electron chi connectivity index (χ0n) is 11.1. The molecule has 1 aromatic carbocycles. The SMILES string of the molecule is CN(Cc1ncc[nH]1)S(=O)(=O)c1ccc([N+](=O)[O-])c(N)c1. The van der Waals surface area contributed by atoms with Crippen LogP contribution in [0, 0.1) is 10.1 Å². The zero-order valence-corrected chi connectivity index (χ0v) is 11.9. The predicted molar refractivity (Wildman–Crippen MR) is 74.7 cm³/mol. The van der Waals surface area contributed by atoms with E-state index < -0.39 is 14.9 Å². The molecule has 0 aliphatic heterocycles. The first kappa shape index (κ1) is 14.9. The van der Waals surface area contributed by atoms with Gasteiger partial charge in [-0.1, -0.05) is 0 Å². The number of nitro benzene ring substituents is 1. The second-order valence-electron chi connectivity index (χ2n) is 4.27. The lowest BCUT2D eigenvalue weighted by Crippen LogP contribution is -2.27. The Kier molecular flexibility index (Phi) is 3.91. The fourth-order valence-corrected chi connectivity index (χ4v) is 2.89. The molecule has 0 aliphatic carbocycles. The molecule has 21 heavy (non-hydrogen) atoms. The van der Waals surface area contributed by atoms with E-state index in [-0.39, 0.29) is 22.8 Å². The Morgan fingerprint density at radius 1 is 1.48 bits per heavy atom. The highest BCUT2D eigenvalue weighted by atomic mass is 32.2. The lowest BCUT2D eigenvalue weighted by molar-refractivity contribution is -0.383. The van der Waals surface area contributed by atoms with E-state index in [1.54, 1.807) is 6.20 Å². The average Bonchev–Trinajstić information content (AvgIpc) is 2.90. The van der Waals surface area contributed by atoms with Crippen molar-refractivity contribution in [2.75, 3.05) is 12.8 Å². The van der Waals surface area contributed by atoms with E-state index in [2.05, 4.69) is 9.97 Å². The zero-order chi connectivity index (χ0) is 15.6. The summed E-state index contributed by atoms with van der Waals surface area (Å²) in [7, 11) is -2.42. The first-order valence-corrected chi connectivity index (χ1v) is 7.25. The van der Waals surface area contributed by atoms with E-state index in [9.17, 15) is 18.5 Å². The van der Waals surface area contributed by atoms with Gasteiger partial charge in [-0.2, -0.15) is 4.31 Å². The molecule has 0 atom stereocenters. The Labute approximate surface area is 120 Å². The summed E-state index contributed by atoms with van der Waals surface area (Å²) in [6.45, 7) is 0.0478. The smallest absolute Gasteiger partial charge is 0.292 e. The first-order chi connectivity index (χ1) is 9.82. The van der Waals surface area contributed by atoms with Crippen molar-refractivity contribution >= 4 is 21.4 Å². The molecule has 0 aliphatic rings. The number of hydrogen-bond acceptors (Lipinski definition) is 6. The van der Waals surface area contributed by atoms with Gasteiger partial charge in [0.25, 0.3) is 5.69 Å². The largest absolute Gasteiger partial charge is 0.393 e. The standard InChI is InChI=1S/C11H13N5O4S/c1-15(7-11-13-4-5-14-11)21(19,20)8-2-3-10(16(17)18)9(12)6-8/h2-6H,7,12H2,1H3,(H,13,14). The number of nitrogens with two attached hydrogens (primary N) is 1. The maximum atomic E-state index is 12.4. The van der Waals surface area contributed by atoms with Crippen LogP contribution in [0.25, 0.3) is 0 Å². The number of anilines is 1. The van der Waals surface area contributed by atoms with E-state index in [1.165, 1.54) is 13.2 Å². The lowest BCUT2D eigenvalue weighted by atomic mass is 10.3. The molecule has 0 fully saturated rings. The minimum absolute atomic E-state index is 0.0478. The summed E-state index contributed by atoms with van der Waals surface area (Å²) >= 11 is 0. The third-order valence-electron chi connectivity index (χ3n) is 2.83. The number of imidazole rings is 1. The molecule has 3 N–H and O–H groups in total. The highest BCUT2D eigenvalue weighted by molar-refractivity contribution is 7.89. The van der Waals surface area contributed by atoms with Gasteiger partial charge in [0.05, 0.1) is 16.4 Å². The quantitative estimate of drug-likeness (QED) is 0.474. The summed E-state index contributed by atoms with van der Waals surface area (Å²) in [6.07, 6.45) is 3.10. The number of nitro groups is 1. The number of rotatable bonds is 5. The third kappa shape index (κ3) is 3.01. The number of benzene rings is 1. The topological polar surface area (TPSA) is 135 Å². The van der Waals surface area contributed by atoms with Crippen LogP contribution in [0.15, 0.2) is 35.5 Å². The van der Waals surface area contributed by atoms with Gasteiger partial charge in [0.2, 0.25) is 10.0 Å². The second kappa shape index (κ2) is 5.50. The molecule has 0 amide bonds. The van der Waals surface area contributed by atoms with Crippen LogP contribution in [0.1, 0.15) is 5.82 Å². The molecule has 1 aromatic heterocycles. The minimum atomic E-state index is -3.81. The Balaban J connectivity index is 2.31. The summed E-state index contributed by atoms with van der Waals surface area (Å²) in [5.41, 5.74) is 4.98. The van der Waals surface area contributed by atoms with Crippen LogP contribution >= 0.6 is 0 Å². The Morgan fingerprint density at radius 2 is 2.19 bits per heavy atom. The molecule has 0 saturated heterocycles. The number of aromatic amines is 1. The number of sulfonamides is 1. The van der Waals surface area contributed by atoms with Crippen LogP contribution < -0.4 is 5.73 Å². The molecule has 9 nitrogen and oxygen atoms in total. The van der Waals surface area contributed by atoms with Gasteiger partial charge >= 0.3 is 0 Å². The van der Waals surface area contributed by atoms with Crippen LogP contribution in [0.5, 0.6) is 0 Å². The van der Waals surface area contributed by atoms with Crippen LogP contribution in [0.4, 0.5) is 11.4 Å². The van der Waals surface area contributed by atoms with E-state index in [1.807, 2.05) is 0 Å². The van der Waals surface area contributed by atoms with Crippen molar-refractivity contribution < 1.29 is 13.3 Å². The van der Waals surface area contributed by atoms with Gasteiger partial charge in [0, 0.05) is 25.5 Å². The highest BCUT2D eigenvalue weighted by Crippen LogP contribution is 2.26. The fourth-order valence-electron chi connectivity index (χ4n) is 1.72. The summed E-state index contributed by atoms with van der Waals surface area (Å²) in [5, 5.41) is 10.7. The molecule has 0 saturated carbocycles. The van der Waals surface area contributed by atoms with Gasteiger partial charge < -0.3 is 10.7 Å². The van der Waals surface area contributed by atoms with Crippen LogP contribution in [-0.4, -0.2) is 34.7 Å². The van der Waals surface area contributed by atoms with Crippen molar-refractivity contribution in [3.8, 4) is 0 Å². The van der Waals surface area contributed by atoms with E-state index in [4.69, 9.17) is 5.73 Å². The summed E-state index contributed by atoms with van der Waals surface area (Å²) in [5.74, 6) is 0.482. The molecule has 0 bridgehead atoms. The number of H-pyrrole nitrogens is 1. The third-order valence-corrected chi connectivity index (χ3v) is 4.63. The minimum Gasteiger partial charge on any atom is -0.393 e. The highest BCUT2D eigenvalue weighted by Gasteiger charge is 2.24. The molecule has 2 rings (SSSR count).